The maximum atomic E-state index is 13.2. The van der Waals surface area contributed by atoms with Crippen LogP contribution in [0.4, 0.5) is 14.5 Å². The fourth-order valence-corrected chi connectivity index (χ4v) is 1.20. The standard InChI is InChI=1S/C11H7F2N3O/c12-8-1-2-10(9(13)3-8)16-11(17)7-4-14-6-15-5-7/h1-6H,(H,16,17). The van der Waals surface area contributed by atoms with E-state index in [4.69, 9.17) is 0 Å². The van der Waals surface area contributed by atoms with Crippen molar-refractivity contribution in [2.75, 3.05) is 5.32 Å². The number of carbonyl (C=O) groups excluding carboxylic acids is 1. The third kappa shape index (κ3) is 2.60. The van der Waals surface area contributed by atoms with Gasteiger partial charge in [0.15, 0.2) is 0 Å². The smallest absolute Gasteiger partial charge is 0.258 e. The Morgan fingerprint density at radius 2 is 1.88 bits per heavy atom. The average molecular weight is 235 g/mol. The highest BCUT2D eigenvalue weighted by Crippen LogP contribution is 2.15. The molecule has 0 atom stereocenters. The highest BCUT2D eigenvalue weighted by Gasteiger charge is 2.10. The Bertz CT molecular complexity index is 546. The lowest BCUT2D eigenvalue weighted by atomic mass is 10.2. The first-order chi connectivity index (χ1) is 8.16. The molecule has 1 aromatic heterocycles. The average Bonchev–Trinajstić information content (AvgIpc) is 2.34. The Balaban J connectivity index is 2.19. The molecule has 6 heteroatoms. The zero-order chi connectivity index (χ0) is 12.3. The molecular weight excluding hydrogens is 228 g/mol. The number of nitrogens with zero attached hydrogens (tertiary/aromatic N) is 2. The van der Waals surface area contributed by atoms with Crippen molar-refractivity contribution in [2.24, 2.45) is 0 Å². The van der Waals surface area contributed by atoms with Crippen molar-refractivity contribution in [1.29, 1.82) is 0 Å². The van der Waals surface area contributed by atoms with E-state index in [0.29, 0.717) is 6.07 Å². The molecule has 17 heavy (non-hydrogen) atoms. The van der Waals surface area contributed by atoms with Crippen molar-refractivity contribution < 1.29 is 13.6 Å². The minimum Gasteiger partial charge on any atom is -0.319 e. The summed E-state index contributed by atoms with van der Waals surface area (Å²) in [4.78, 5) is 18.9. The van der Waals surface area contributed by atoms with Gasteiger partial charge in [0.2, 0.25) is 0 Å². The van der Waals surface area contributed by atoms with E-state index in [1.807, 2.05) is 0 Å². The number of aromatic nitrogens is 2. The molecule has 0 saturated carbocycles. The van der Waals surface area contributed by atoms with Gasteiger partial charge in [0.05, 0.1) is 11.3 Å². The monoisotopic (exact) mass is 235 g/mol. The maximum absolute atomic E-state index is 13.2. The van der Waals surface area contributed by atoms with Gasteiger partial charge in [-0.05, 0) is 12.1 Å². The van der Waals surface area contributed by atoms with E-state index in [0.717, 1.165) is 12.1 Å². The number of hydrogen-bond donors (Lipinski definition) is 1. The zero-order valence-electron chi connectivity index (χ0n) is 8.52. The van der Waals surface area contributed by atoms with Gasteiger partial charge in [-0.3, -0.25) is 4.79 Å². The van der Waals surface area contributed by atoms with Gasteiger partial charge in [-0.2, -0.15) is 0 Å². The van der Waals surface area contributed by atoms with E-state index in [1.54, 1.807) is 0 Å². The lowest BCUT2D eigenvalue weighted by Crippen LogP contribution is -2.13. The van der Waals surface area contributed by atoms with Gasteiger partial charge in [0, 0.05) is 18.5 Å². The molecule has 0 bridgehead atoms. The minimum absolute atomic E-state index is 0.0970. The molecule has 4 nitrogen and oxygen atoms in total. The van der Waals surface area contributed by atoms with E-state index in [1.165, 1.54) is 18.7 Å². The van der Waals surface area contributed by atoms with Crippen LogP contribution in [0.5, 0.6) is 0 Å². The molecule has 1 N–H and O–H groups in total. The Labute approximate surface area is 95.3 Å². The van der Waals surface area contributed by atoms with Gasteiger partial charge < -0.3 is 5.32 Å². The van der Waals surface area contributed by atoms with Gasteiger partial charge in [-0.1, -0.05) is 0 Å². The van der Waals surface area contributed by atoms with Crippen LogP contribution in [0.1, 0.15) is 10.4 Å². The molecule has 0 aliphatic carbocycles. The first kappa shape index (κ1) is 11.1. The quantitative estimate of drug-likeness (QED) is 0.866. The zero-order valence-corrected chi connectivity index (χ0v) is 8.52. The summed E-state index contributed by atoms with van der Waals surface area (Å²) in [5, 5.41) is 2.29. The van der Waals surface area contributed by atoms with Crippen LogP contribution in [-0.2, 0) is 0 Å². The van der Waals surface area contributed by atoms with Crippen molar-refractivity contribution in [3.05, 3.63) is 54.1 Å². The van der Waals surface area contributed by atoms with Crippen molar-refractivity contribution >= 4 is 11.6 Å². The molecule has 0 fully saturated rings. The second-order valence-corrected chi connectivity index (χ2v) is 3.21. The summed E-state index contributed by atoms with van der Waals surface area (Å²) in [6.45, 7) is 0. The molecule has 0 saturated heterocycles. The Morgan fingerprint density at radius 1 is 1.18 bits per heavy atom. The number of rotatable bonds is 2. The Kier molecular flexibility index (Phi) is 3.04. The molecule has 1 aromatic carbocycles. The van der Waals surface area contributed by atoms with E-state index in [9.17, 15) is 13.6 Å². The predicted octanol–water partition coefficient (Wildman–Crippen LogP) is 2.01. The van der Waals surface area contributed by atoms with Crippen molar-refractivity contribution in [2.45, 2.75) is 0 Å². The van der Waals surface area contributed by atoms with E-state index < -0.39 is 17.5 Å². The molecular formula is C11H7F2N3O. The van der Waals surface area contributed by atoms with Crippen LogP contribution in [0.3, 0.4) is 0 Å². The summed E-state index contributed by atoms with van der Waals surface area (Å²) >= 11 is 0. The topological polar surface area (TPSA) is 54.9 Å². The largest absolute Gasteiger partial charge is 0.319 e. The summed E-state index contributed by atoms with van der Waals surface area (Å²) < 4.78 is 25.9. The minimum atomic E-state index is -0.838. The number of nitrogens with one attached hydrogen (secondary N) is 1. The molecule has 0 unspecified atom stereocenters. The SMILES string of the molecule is O=C(Nc1ccc(F)cc1F)c1cncnc1. The molecule has 0 spiro atoms. The molecule has 2 aromatic rings. The lowest BCUT2D eigenvalue weighted by Gasteiger charge is -2.05. The van der Waals surface area contributed by atoms with E-state index in [2.05, 4.69) is 15.3 Å². The summed E-state index contributed by atoms with van der Waals surface area (Å²) in [5.41, 5.74) is 0.0940. The number of anilines is 1. The van der Waals surface area contributed by atoms with Gasteiger partial charge in [0.25, 0.3) is 5.91 Å². The number of carbonyl (C=O) groups is 1. The summed E-state index contributed by atoms with van der Waals surface area (Å²) in [5.74, 6) is -2.10. The van der Waals surface area contributed by atoms with Crippen LogP contribution in [0.25, 0.3) is 0 Å². The second kappa shape index (κ2) is 4.65. The van der Waals surface area contributed by atoms with Crippen LogP contribution < -0.4 is 5.32 Å². The van der Waals surface area contributed by atoms with Crippen LogP contribution in [-0.4, -0.2) is 15.9 Å². The van der Waals surface area contributed by atoms with Crippen LogP contribution in [0.2, 0.25) is 0 Å². The number of benzene rings is 1. The fraction of sp³-hybridized carbons (Fsp3) is 0. The van der Waals surface area contributed by atoms with Crippen LogP contribution in [0, 0.1) is 11.6 Å². The molecule has 0 aliphatic heterocycles. The number of hydrogen-bond acceptors (Lipinski definition) is 3. The fourth-order valence-electron chi connectivity index (χ4n) is 1.20. The Hall–Kier alpha value is -2.37. The molecule has 1 amide bonds. The van der Waals surface area contributed by atoms with Crippen molar-refractivity contribution in [3.8, 4) is 0 Å². The third-order valence-electron chi connectivity index (χ3n) is 2.00. The highest BCUT2D eigenvalue weighted by molar-refractivity contribution is 6.03. The van der Waals surface area contributed by atoms with Gasteiger partial charge in [-0.25, -0.2) is 18.7 Å². The van der Waals surface area contributed by atoms with Gasteiger partial charge in [0.1, 0.15) is 18.0 Å². The van der Waals surface area contributed by atoms with Crippen molar-refractivity contribution in [1.82, 2.24) is 9.97 Å². The number of halogens is 2. The molecule has 86 valence electrons. The lowest BCUT2D eigenvalue weighted by molar-refractivity contribution is 0.102. The van der Waals surface area contributed by atoms with E-state index in [-0.39, 0.29) is 11.3 Å². The molecule has 0 radical (unpaired) electrons. The molecule has 1 heterocycles. The van der Waals surface area contributed by atoms with Crippen LogP contribution in [0.15, 0.2) is 36.9 Å². The first-order valence-corrected chi connectivity index (χ1v) is 4.68. The number of amides is 1. The second-order valence-electron chi connectivity index (χ2n) is 3.21. The first-order valence-electron chi connectivity index (χ1n) is 4.68. The van der Waals surface area contributed by atoms with Crippen LogP contribution >= 0.6 is 0 Å². The summed E-state index contributed by atoms with van der Waals surface area (Å²) in [6, 6.07) is 2.89. The van der Waals surface area contributed by atoms with Gasteiger partial charge >= 0.3 is 0 Å². The summed E-state index contributed by atoms with van der Waals surface area (Å²) in [7, 11) is 0. The van der Waals surface area contributed by atoms with Gasteiger partial charge in [-0.15, -0.1) is 0 Å². The maximum Gasteiger partial charge on any atom is 0.258 e. The Morgan fingerprint density at radius 3 is 2.53 bits per heavy atom. The highest BCUT2D eigenvalue weighted by atomic mass is 19.1. The normalized spacial score (nSPS) is 10.0. The molecule has 0 aliphatic rings. The molecule has 2 rings (SSSR count). The van der Waals surface area contributed by atoms with Crippen molar-refractivity contribution in [3.63, 3.8) is 0 Å². The summed E-state index contributed by atoms with van der Waals surface area (Å²) in [6.07, 6.45) is 3.86. The predicted molar refractivity (Wildman–Crippen MR) is 56.3 cm³/mol. The third-order valence-corrected chi connectivity index (χ3v) is 2.00. The van der Waals surface area contributed by atoms with E-state index >= 15 is 0 Å².